The van der Waals surface area contributed by atoms with E-state index in [-0.39, 0.29) is 11.8 Å². The molecule has 3 N–H and O–H groups in total. The monoisotopic (exact) mass is 405 g/mol. The minimum absolute atomic E-state index is 0.0956. The summed E-state index contributed by atoms with van der Waals surface area (Å²) in [6.07, 6.45) is 0. The number of halogens is 1. The van der Waals surface area contributed by atoms with Gasteiger partial charge in [-0.05, 0) is 55.0 Å². The van der Waals surface area contributed by atoms with Gasteiger partial charge >= 0.3 is 0 Å². The number of nitrogens with one attached hydrogen (secondary N) is 1. The van der Waals surface area contributed by atoms with Crippen LogP contribution in [0.1, 0.15) is 5.56 Å². The minimum Gasteiger partial charge on any atom is -0.493 e. The van der Waals surface area contributed by atoms with Crippen molar-refractivity contribution in [2.75, 3.05) is 25.3 Å². The van der Waals surface area contributed by atoms with Crippen LogP contribution < -0.4 is 20.5 Å². The first-order valence-corrected chi connectivity index (χ1v) is 9.18. The van der Waals surface area contributed by atoms with E-state index in [1.54, 1.807) is 33.3 Å². The van der Waals surface area contributed by atoms with Crippen molar-refractivity contribution in [3.05, 3.63) is 59.9 Å². The molecule has 30 heavy (non-hydrogen) atoms. The molecular weight excluding hydrogens is 385 g/mol. The Morgan fingerprint density at radius 3 is 2.43 bits per heavy atom. The van der Waals surface area contributed by atoms with E-state index in [0.717, 1.165) is 5.56 Å². The van der Waals surface area contributed by atoms with Crippen molar-refractivity contribution in [3.63, 3.8) is 0 Å². The summed E-state index contributed by atoms with van der Waals surface area (Å²) in [6.45, 7) is 1.70. The summed E-state index contributed by atoms with van der Waals surface area (Å²) in [5, 5.41) is 3.10. The standard InChI is InChI=1S/C22H20FN5O2/c1-12-4-6-14(11-15(12)23)25-21-20-17(27-22(24)28-21)8-7-16(26-20)13-5-9-18(29-2)19(10-13)30-3/h4-11H,1-3H3,(H3,24,25,27,28). The fourth-order valence-corrected chi connectivity index (χ4v) is 3.08. The molecule has 2 heterocycles. The fraction of sp³-hybridized carbons (Fsp3) is 0.136. The second-order valence-corrected chi connectivity index (χ2v) is 6.65. The van der Waals surface area contributed by atoms with E-state index in [1.165, 1.54) is 6.07 Å². The highest BCUT2D eigenvalue weighted by Gasteiger charge is 2.13. The molecule has 152 valence electrons. The van der Waals surface area contributed by atoms with E-state index in [4.69, 9.17) is 20.2 Å². The van der Waals surface area contributed by atoms with Crippen LogP contribution in [0.25, 0.3) is 22.3 Å². The third kappa shape index (κ3) is 3.67. The first-order chi connectivity index (χ1) is 14.5. The van der Waals surface area contributed by atoms with Gasteiger partial charge in [-0.3, -0.25) is 0 Å². The fourth-order valence-electron chi connectivity index (χ4n) is 3.08. The van der Waals surface area contributed by atoms with Gasteiger partial charge in [-0.1, -0.05) is 6.07 Å². The van der Waals surface area contributed by atoms with Crippen LogP contribution in [0.3, 0.4) is 0 Å². The van der Waals surface area contributed by atoms with E-state index in [0.29, 0.717) is 45.3 Å². The molecule has 0 bridgehead atoms. The van der Waals surface area contributed by atoms with Crippen molar-refractivity contribution in [2.24, 2.45) is 0 Å². The molecule has 0 aliphatic carbocycles. The van der Waals surface area contributed by atoms with Gasteiger partial charge in [0.25, 0.3) is 0 Å². The summed E-state index contributed by atoms with van der Waals surface area (Å²) in [7, 11) is 3.16. The predicted molar refractivity (Wildman–Crippen MR) is 115 cm³/mol. The van der Waals surface area contributed by atoms with E-state index in [1.807, 2.05) is 30.3 Å². The van der Waals surface area contributed by atoms with Crippen LogP contribution in [0.15, 0.2) is 48.5 Å². The number of ether oxygens (including phenoxy) is 2. The molecule has 0 unspecified atom stereocenters. The largest absolute Gasteiger partial charge is 0.493 e. The summed E-state index contributed by atoms with van der Waals surface area (Å²) < 4.78 is 24.6. The molecule has 0 saturated carbocycles. The van der Waals surface area contributed by atoms with Gasteiger partial charge in [-0.2, -0.15) is 4.98 Å². The average Bonchev–Trinajstić information content (AvgIpc) is 2.75. The first-order valence-electron chi connectivity index (χ1n) is 9.18. The Hall–Kier alpha value is -3.94. The first kappa shape index (κ1) is 19.4. The summed E-state index contributed by atoms with van der Waals surface area (Å²) in [4.78, 5) is 13.2. The van der Waals surface area contributed by atoms with Gasteiger partial charge in [0.2, 0.25) is 5.95 Å². The molecule has 0 spiro atoms. The quantitative estimate of drug-likeness (QED) is 0.505. The molecule has 0 fully saturated rings. The van der Waals surface area contributed by atoms with Gasteiger partial charge < -0.3 is 20.5 Å². The molecular formula is C22H20FN5O2. The Morgan fingerprint density at radius 2 is 1.70 bits per heavy atom. The lowest BCUT2D eigenvalue weighted by Crippen LogP contribution is -2.03. The van der Waals surface area contributed by atoms with E-state index >= 15 is 0 Å². The maximum absolute atomic E-state index is 14.0. The zero-order chi connectivity index (χ0) is 21.3. The van der Waals surface area contributed by atoms with Crippen molar-refractivity contribution in [1.29, 1.82) is 0 Å². The van der Waals surface area contributed by atoms with Crippen LogP contribution in [-0.4, -0.2) is 29.2 Å². The Balaban J connectivity index is 1.81. The highest BCUT2D eigenvalue weighted by Crippen LogP contribution is 2.33. The number of aromatic nitrogens is 3. The van der Waals surface area contributed by atoms with Crippen molar-refractivity contribution in [2.45, 2.75) is 6.92 Å². The molecule has 8 heteroatoms. The highest BCUT2D eigenvalue weighted by molar-refractivity contribution is 5.90. The highest BCUT2D eigenvalue weighted by atomic mass is 19.1. The Kier molecular flexibility index (Phi) is 5.05. The number of hydrogen-bond donors (Lipinski definition) is 2. The van der Waals surface area contributed by atoms with E-state index < -0.39 is 0 Å². The topological polar surface area (TPSA) is 95.2 Å². The lowest BCUT2D eigenvalue weighted by molar-refractivity contribution is 0.355. The van der Waals surface area contributed by atoms with Crippen molar-refractivity contribution < 1.29 is 13.9 Å². The molecule has 4 rings (SSSR count). The number of anilines is 3. The zero-order valence-corrected chi connectivity index (χ0v) is 16.7. The third-order valence-corrected chi connectivity index (χ3v) is 4.67. The van der Waals surface area contributed by atoms with Gasteiger partial charge in [0.15, 0.2) is 17.3 Å². The molecule has 7 nitrogen and oxygen atoms in total. The average molecular weight is 405 g/mol. The van der Waals surface area contributed by atoms with Crippen LogP contribution in [0.5, 0.6) is 11.5 Å². The smallest absolute Gasteiger partial charge is 0.222 e. The van der Waals surface area contributed by atoms with Gasteiger partial charge in [0.1, 0.15) is 11.3 Å². The summed E-state index contributed by atoms with van der Waals surface area (Å²) >= 11 is 0. The molecule has 4 aromatic rings. The number of fused-ring (bicyclic) bond motifs is 1. The van der Waals surface area contributed by atoms with Crippen molar-refractivity contribution >= 4 is 28.5 Å². The number of nitrogen functional groups attached to an aromatic ring is 1. The molecule has 0 atom stereocenters. The molecule has 2 aromatic heterocycles. The number of rotatable bonds is 5. The van der Waals surface area contributed by atoms with Crippen LogP contribution in [0.4, 0.5) is 21.8 Å². The lowest BCUT2D eigenvalue weighted by Gasteiger charge is -2.12. The third-order valence-electron chi connectivity index (χ3n) is 4.67. The van der Waals surface area contributed by atoms with Gasteiger partial charge in [-0.15, -0.1) is 0 Å². The van der Waals surface area contributed by atoms with Gasteiger partial charge in [0, 0.05) is 11.3 Å². The van der Waals surface area contributed by atoms with Crippen LogP contribution in [-0.2, 0) is 0 Å². The van der Waals surface area contributed by atoms with Crippen LogP contribution in [0, 0.1) is 12.7 Å². The van der Waals surface area contributed by atoms with Crippen LogP contribution in [0.2, 0.25) is 0 Å². The second-order valence-electron chi connectivity index (χ2n) is 6.65. The Morgan fingerprint density at radius 1 is 0.900 bits per heavy atom. The molecule has 0 aliphatic heterocycles. The minimum atomic E-state index is -0.315. The molecule has 0 amide bonds. The number of pyridine rings is 1. The Bertz CT molecular complexity index is 1250. The van der Waals surface area contributed by atoms with Crippen molar-refractivity contribution in [1.82, 2.24) is 15.0 Å². The molecule has 0 radical (unpaired) electrons. The normalized spacial score (nSPS) is 10.8. The molecule has 0 aliphatic rings. The maximum atomic E-state index is 14.0. The van der Waals surface area contributed by atoms with E-state index in [9.17, 15) is 4.39 Å². The van der Waals surface area contributed by atoms with E-state index in [2.05, 4.69) is 15.3 Å². The SMILES string of the molecule is COc1ccc(-c2ccc3nc(N)nc(Nc4ccc(C)c(F)c4)c3n2)cc1OC. The predicted octanol–water partition coefficient (Wildman–Crippen LogP) is 4.48. The van der Waals surface area contributed by atoms with Crippen molar-refractivity contribution in [3.8, 4) is 22.8 Å². The number of methoxy groups -OCH3 is 2. The lowest BCUT2D eigenvalue weighted by atomic mass is 10.1. The number of hydrogen-bond acceptors (Lipinski definition) is 7. The summed E-state index contributed by atoms with van der Waals surface area (Å²) in [5.74, 6) is 1.40. The second kappa shape index (κ2) is 7.82. The van der Waals surface area contributed by atoms with Gasteiger partial charge in [0.05, 0.1) is 25.4 Å². The van der Waals surface area contributed by atoms with Gasteiger partial charge in [-0.25, -0.2) is 14.4 Å². The summed E-state index contributed by atoms with van der Waals surface area (Å²) in [5.41, 5.74) is 9.56. The Labute approximate surface area is 172 Å². The number of benzene rings is 2. The van der Waals surface area contributed by atoms with Crippen LogP contribution >= 0.6 is 0 Å². The zero-order valence-electron chi connectivity index (χ0n) is 16.7. The number of nitrogens with zero attached hydrogens (tertiary/aromatic N) is 3. The number of aryl methyl sites for hydroxylation is 1. The maximum Gasteiger partial charge on any atom is 0.222 e. The molecule has 0 saturated heterocycles. The molecule has 2 aromatic carbocycles. The summed E-state index contributed by atoms with van der Waals surface area (Å²) in [6, 6.07) is 14.0. The number of nitrogens with two attached hydrogens (primary N) is 1.